The lowest BCUT2D eigenvalue weighted by Crippen LogP contribution is -2.57. The Balaban J connectivity index is 1.73. The van der Waals surface area contributed by atoms with Crippen molar-refractivity contribution in [1.82, 2.24) is 30.3 Å². The number of halogens is 3. The highest BCUT2D eigenvalue weighted by molar-refractivity contribution is 5.82. The number of piperazine rings is 1. The zero-order valence-corrected chi connectivity index (χ0v) is 11.2. The lowest BCUT2D eigenvalue weighted by Gasteiger charge is -2.33. The molecule has 1 aromatic rings. The molecule has 2 aliphatic heterocycles. The second-order valence-electron chi connectivity index (χ2n) is 5.06. The van der Waals surface area contributed by atoms with E-state index in [4.69, 9.17) is 0 Å². The van der Waals surface area contributed by atoms with Crippen molar-refractivity contribution < 1.29 is 18.0 Å². The van der Waals surface area contributed by atoms with Gasteiger partial charge in [0, 0.05) is 32.7 Å². The van der Waals surface area contributed by atoms with Gasteiger partial charge in [-0.25, -0.2) is 0 Å². The minimum absolute atomic E-state index is 0.0556. The molecule has 1 saturated heterocycles. The van der Waals surface area contributed by atoms with Crippen LogP contribution >= 0.6 is 0 Å². The summed E-state index contributed by atoms with van der Waals surface area (Å²) in [5.41, 5.74) is 0. The number of nitrogens with one attached hydrogen (secondary N) is 2. The molecule has 1 unspecified atom stereocenters. The maximum absolute atomic E-state index is 12.7. The normalized spacial score (nSPS) is 23.0. The molecule has 0 saturated carbocycles. The fourth-order valence-electron chi connectivity index (χ4n) is 2.60. The minimum atomic E-state index is -4.52. The van der Waals surface area contributed by atoms with Gasteiger partial charge >= 0.3 is 6.18 Å². The van der Waals surface area contributed by atoms with Crippen LogP contribution in [0.2, 0.25) is 0 Å². The third-order valence-corrected chi connectivity index (χ3v) is 3.66. The molecule has 0 bridgehead atoms. The predicted octanol–water partition coefficient (Wildman–Crippen LogP) is -0.799. The average molecular weight is 304 g/mol. The summed E-state index contributed by atoms with van der Waals surface area (Å²) in [5.74, 6) is -0.947. The molecule has 7 nitrogen and oxygen atoms in total. The van der Waals surface area contributed by atoms with E-state index in [1.165, 1.54) is 4.90 Å². The van der Waals surface area contributed by atoms with E-state index >= 15 is 0 Å². The highest BCUT2D eigenvalue weighted by Gasteiger charge is 2.40. The summed E-state index contributed by atoms with van der Waals surface area (Å²) in [7, 11) is 0. The van der Waals surface area contributed by atoms with Crippen LogP contribution in [0.5, 0.6) is 0 Å². The summed E-state index contributed by atoms with van der Waals surface area (Å²) >= 11 is 0. The van der Waals surface area contributed by atoms with Gasteiger partial charge in [0.2, 0.25) is 11.7 Å². The Morgan fingerprint density at radius 3 is 2.71 bits per heavy atom. The molecule has 0 aliphatic carbocycles. The molecule has 0 spiro atoms. The van der Waals surface area contributed by atoms with Gasteiger partial charge in [-0.3, -0.25) is 4.79 Å². The molecule has 1 fully saturated rings. The van der Waals surface area contributed by atoms with Crippen molar-refractivity contribution in [2.24, 2.45) is 0 Å². The molecule has 1 amide bonds. The van der Waals surface area contributed by atoms with E-state index < -0.39 is 12.0 Å². The lowest BCUT2D eigenvalue weighted by atomic mass is 10.2. The molecular weight excluding hydrogens is 289 g/mol. The van der Waals surface area contributed by atoms with Crippen molar-refractivity contribution in [2.45, 2.75) is 25.3 Å². The number of fused-ring (bicyclic) bond motifs is 1. The summed E-state index contributed by atoms with van der Waals surface area (Å²) in [6, 6.07) is -0.338. The Morgan fingerprint density at radius 1 is 1.24 bits per heavy atom. The number of carbonyl (C=O) groups excluding carboxylic acids is 1. The highest BCUT2D eigenvalue weighted by Crippen LogP contribution is 2.29. The van der Waals surface area contributed by atoms with Gasteiger partial charge in [-0.2, -0.15) is 13.2 Å². The smallest absolute Gasteiger partial charge is 0.332 e. The molecule has 1 atom stereocenters. The van der Waals surface area contributed by atoms with Crippen LogP contribution in [0.4, 0.5) is 13.2 Å². The molecule has 3 rings (SSSR count). The first-order valence-electron chi connectivity index (χ1n) is 6.69. The summed E-state index contributed by atoms with van der Waals surface area (Å²) in [6.45, 7) is 2.36. The SMILES string of the molecule is O=C(C1CNCCN1)N1CCn2c(nnc2C(F)(F)F)C1. The van der Waals surface area contributed by atoms with E-state index in [0.717, 1.165) is 11.1 Å². The quantitative estimate of drug-likeness (QED) is 0.710. The van der Waals surface area contributed by atoms with E-state index in [1.54, 1.807) is 0 Å². The Morgan fingerprint density at radius 2 is 2.05 bits per heavy atom. The molecule has 116 valence electrons. The Kier molecular flexibility index (Phi) is 3.57. The molecule has 3 heterocycles. The number of nitrogens with zero attached hydrogens (tertiary/aromatic N) is 4. The molecular formula is C11H15F3N6O. The Bertz CT molecular complexity index is 537. The molecule has 21 heavy (non-hydrogen) atoms. The van der Waals surface area contributed by atoms with E-state index in [9.17, 15) is 18.0 Å². The van der Waals surface area contributed by atoms with Crippen molar-refractivity contribution in [1.29, 1.82) is 0 Å². The Hall–Kier alpha value is -1.68. The van der Waals surface area contributed by atoms with Crippen LogP contribution in [0.3, 0.4) is 0 Å². The van der Waals surface area contributed by atoms with Crippen LogP contribution in [0.25, 0.3) is 0 Å². The molecule has 0 aromatic carbocycles. The fourth-order valence-corrected chi connectivity index (χ4v) is 2.60. The van der Waals surface area contributed by atoms with Crippen molar-refractivity contribution >= 4 is 5.91 Å². The monoisotopic (exact) mass is 304 g/mol. The van der Waals surface area contributed by atoms with E-state index in [2.05, 4.69) is 20.8 Å². The van der Waals surface area contributed by atoms with E-state index in [0.29, 0.717) is 13.1 Å². The van der Waals surface area contributed by atoms with Crippen LogP contribution in [-0.4, -0.2) is 57.8 Å². The number of amides is 1. The van der Waals surface area contributed by atoms with Crippen molar-refractivity contribution in [3.63, 3.8) is 0 Å². The number of rotatable bonds is 1. The second-order valence-corrected chi connectivity index (χ2v) is 5.06. The second kappa shape index (κ2) is 5.26. The number of aromatic nitrogens is 3. The minimum Gasteiger partial charge on any atom is -0.332 e. The van der Waals surface area contributed by atoms with Crippen LogP contribution in [-0.2, 0) is 24.1 Å². The first-order valence-corrected chi connectivity index (χ1v) is 6.69. The maximum atomic E-state index is 12.7. The summed E-state index contributed by atoms with van der Waals surface area (Å²) in [6.07, 6.45) is -4.52. The topological polar surface area (TPSA) is 75.1 Å². The molecule has 10 heteroatoms. The van der Waals surface area contributed by atoms with Gasteiger partial charge in [-0.15, -0.1) is 10.2 Å². The average Bonchev–Trinajstić information content (AvgIpc) is 2.90. The van der Waals surface area contributed by atoms with Gasteiger partial charge in [0.1, 0.15) is 0 Å². The zero-order chi connectivity index (χ0) is 15.0. The van der Waals surface area contributed by atoms with Crippen LogP contribution < -0.4 is 10.6 Å². The fraction of sp³-hybridized carbons (Fsp3) is 0.727. The van der Waals surface area contributed by atoms with Crippen molar-refractivity contribution in [2.75, 3.05) is 26.2 Å². The maximum Gasteiger partial charge on any atom is 0.451 e. The van der Waals surface area contributed by atoms with Crippen molar-refractivity contribution in [3.8, 4) is 0 Å². The Labute approximate surface area is 118 Å². The third kappa shape index (κ3) is 2.72. The number of hydrogen-bond acceptors (Lipinski definition) is 5. The molecule has 1 aromatic heterocycles. The molecule has 0 radical (unpaired) electrons. The summed E-state index contributed by atoms with van der Waals surface area (Å²) in [5, 5.41) is 13.0. The summed E-state index contributed by atoms with van der Waals surface area (Å²) in [4.78, 5) is 13.8. The largest absolute Gasteiger partial charge is 0.451 e. The van der Waals surface area contributed by atoms with Crippen LogP contribution in [0.1, 0.15) is 11.6 Å². The van der Waals surface area contributed by atoms with Gasteiger partial charge in [-0.1, -0.05) is 0 Å². The number of hydrogen-bond donors (Lipinski definition) is 2. The standard InChI is InChI=1S/C11H15F3N6O/c12-11(13,14)10-18-17-8-6-19(3-4-20(8)10)9(21)7-5-15-1-2-16-7/h7,15-16H,1-6H2. The van der Waals surface area contributed by atoms with Gasteiger partial charge in [-0.05, 0) is 0 Å². The number of alkyl halides is 3. The summed E-state index contributed by atoms with van der Waals surface area (Å²) < 4.78 is 39.2. The van der Waals surface area contributed by atoms with Gasteiger partial charge in [0.25, 0.3) is 0 Å². The predicted molar refractivity (Wildman–Crippen MR) is 65.1 cm³/mol. The highest BCUT2D eigenvalue weighted by atomic mass is 19.4. The van der Waals surface area contributed by atoms with Gasteiger partial charge < -0.3 is 20.1 Å². The zero-order valence-electron chi connectivity index (χ0n) is 11.2. The van der Waals surface area contributed by atoms with E-state index in [-0.39, 0.29) is 37.4 Å². The first kappa shape index (κ1) is 14.3. The van der Waals surface area contributed by atoms with E-state index in [1.807, 2.05) is 0 Å². The molecule has 2 N–H and O–H groups in total. The third-order valence-electron chi connectivity index (χ3n) is 3.66. The molecule has 2 aliphatic rings. The van der Waals surface area contributed by atoms with Gasteiger partial charge in [0.05, 0.1) is 12.6 Å². The van der Waals surface area contributed by atoms with Crippen molar-refractivity contribution in [3.05, 3.63) is 11.6 Å². The first-order chi connectivity index (χ1) is 9.97. The van der Waals surface area contributed by atoms with Gasteiger partial charge in [0.15, 0.2) is 5.82 Å². The number of carbonyl (C=O) groups is 1. The van der Waals surface area contributed by atoms with Crippen LogP contribution in [0, 0.1) is 0 Å². The van der Waals surface area contributed by atoms with Crippen LogP contribution in [0.15, 0.2) is 0 Å². The lowest BCUT2D eigenvalue weighted by molar-refractivity contribution is -0.148.